The van der Waals surface area contributed by atoms with Crippen LogP contribution in [0, 0.1) is 6.92 Å². The summed E-state index contributed by atoms with van der Waals surface area (Å²) in [5.41, 5.74) is 5.25. The number of hydrogen-bond donors (Lipinski definition) is 2. The lowest BCUT2D eigenvalue weighted by molar-refractivity contribution is 0.169. The highest BCUT2D eigenvalue weighted by Gasteiger charge is 2.17. The van der Waals surface area contributed by atoms with Gasteiger partial charge in [0.2, 0.25) is 0 Å². The molecule has 0 radical (unpaired) electrons. The second-order valence-corrected chi connectivity index (χ2v) is 6.84. The number of aliphatic hydroxyl groups is 1. The molecule has 4 rings (SSSR count). The second-order valence-electron chi connectivity index (χ2n) is 5.86. The van der Waals surface area contributed by atoms with E-state index in [1.54, 1.807) is 12.5 Å². The fourth-order valence-corrected chi connectivity index (χ4v) is 3.76. The molecule has 0 aliphatic heterocycles. The average molecular weight is 354 g/mol. The van der Waals surface area contributed by atoms with Gasteiger partial charge >= 0.3 is 0 Å². The molecule has 0 aliphatic rings. The van der Waals surface area contributed by atoms with Crippen molar-refractivity contribution in [1.29, 1.82) is 0 Å². The van der Waals surface area contributed by atoms with Gasteiger partial charge < -0.3 is 10.4 Å². The Morgan fingerprint density at radius 3 is 2.84 bits per heavy atom. The summed E-state index contributed by atoms with van der Waals surface area (Å²) in [6.45, 7) is 3.95. The summed E-state index contributed by atoms with van der Waals surface area (Å²) in [5, 5.41) is 18.3. The van der Waals surface area contributed by atoms with Crippen LogP contribution in [0.25, 0.3) is 27.1 Å². The van der Waals surface area contributed by atoms with E-state index in [0.717, 1.165) is 37.8 Å². The van der Waals surface area contributed by atoms with E-state index >= 15 is 0 Å². The molecule has 7 nitrogen and oxygen atoms in total. The minimum atomic E-state index is -0.542. The second kappa shape index (κ2) is 6.05. The molecule has 8 heteroatoms. The van der Waals surface area contributed by atoms with E-state index in [1.165, 1.54) is 11.3 Å². The van der Waals surface area contributed by atoms with Crippen LogP contribution in [0.1, 0.15) is 30.7 Å². The Labute approximate surface area is 148 Å². The summed E-state index contributed by atoms with van der Waals surface area (Å²) in [6.07, 6.45) is 3.44. The molecule has 0 fully saturated rings. The van der Waals surface area contributed by atoms with Gasteiger partial charge in [-0.05, 0) is 31.0 Å². The fraction of sp³-hybridized carbons (Fsp3) is 0.294. The summed E-state index contributed by atoms with van der Waals surface area (Å²) in [4.78, 5) is 14.4. The zero-order chi connectivity index (χ0) is 17.6. The Morgan fingerprint density at radius 2 is 2.12 bits per heavy atom. The molecule has 2 N–H and O–H groups in total. The lowest BCUT2D eigenvalue weighted by Gasteiger charge is -2.12. The number of rotatable bonds is 4. The SMILES string of the molecule is CCC(O)c1cc(C)c(-c2cc3nc(NC)sc3n3ncnc23)cn1. The summed E-state index contributed by atoms with van der Waals surface area (Å²) in [6, 6.07) is 3.96. The molecule has 0 spiro atoms. The van der Waals surface area contributed by atoms with Crippen molar-refractivity contribution in [2.45, 2.75) is 26.4 Å². The molecule has 0 saturated heterocycles. The van der Waals surface area contributed by atoms with Gasteiger partial charge in [-0.3, -0.25) is 4.98 Å². The van der Waals surface area contributed by atoms with E-state index in [0.29, 0.717) is 12.1 Å². The third kappa shape index (κ3) is 2.54. The van der Waals surface area contributed by atoms with Gasteiger partial charge in [-0.2, -0.15) is 5.10 Å². The van der Waals surface area contributed by atoms with E-state index in [-0.39, 0.29) is 0 Å². The molecule has 0 aliphatic carbocycles. The van der Waals surface area contributed by atoms with Crippen molar-refractivity contribution in [2.75, 3.05) is 12.4 Å². The van der Waals surface area contributed by atoms with Gasteiger partial charge in [0.05, 0.1) is 11.8 Å². The van der Waals surface area contributed by atoms with Crippen LogP contribution in [0.15, 0.2) is 24.7 Å². The smallest absolute Gasteiger partial charge is 0.185 e. The first kappa shape index (κ1) is 15.9. The molecule has 4 heterocycles. The van der Waals surface area contributed by atoms with Crippen LogP contribution < -0.4 is 5.32 Å². The van der Waals surface area contributed by atoms with Crippen LogP contribution >= 0.6 is 11.3 Å². The van der Waals surface area contributed by atoms with Crippen LogP contribution in [-0.2, 0) is 0 Å². The van der Waals surface area contributed by atoms with Crippen molar-refractivity contribution in [3.8, 4) is 11.1 Å². The first-order valence-electron chi connectivity index (χ1n) is 8.08. The Kier molecular flexibility index (Phi) is 3.85. The minimum absolute atomic E-state index is 0.542. The quantitative estimate of drug-likeness (QED) is 0.585. The van der Waals surface area contributed by atoms with Gasteiger partial charge in [0.25, 0.3) is 0 Å². The van der Waals surface area contributed by atoms with Crippen molar-refractivity contribution in [3.05, 3.63) is 35.9 Å². The zero-order valence-corrected chi connectivity index (χ0v) is 15.0. The number of thiazole rings is 1. The van der Waals surface area contributed by atoms with Crippen LogP contribution in [-0.4, -0.2) is 36.7 Å². The number of fused-ring (bicyclic) bond motifs is 3. The lowest BCUT2D eigenvalue weighted by Crippen LogP contribution is -2.01. The van der Waals surface area contributed by atoms with Gasteiger partial charge in [-0.15, -0.1) is 0 Å². The molecule has 4 aromatic heterocycles. The molecule has 25 heavy (non-hydrogen) atoms. The number of anilines is 1. The Morgan fingerprint density at radius 1 is 1.28 bits per heavy atom. The van der Waals surface area contributed by atoms with Gasteiger partial charge in [-0.1, -0.05) is 18.3 Å². The molecule has 1 atom stereocenters. The highest BCUT2D eigenvalue weighted by Crippen LogP contribution is 2.34. The van der Waals surface area contributed by atoms with Gasteiger partial charge in [0, 0.05) is 24.4 Å². The predicted octanol–water partition coefficient (Wildman–Crippen LogP) is 3.19. The molecular formula is C17H18N6OS. The van der Waals surface area contributed by atoms with Gasteiger partial charge in [0.15, 0.2) is 10.8 Å². The van der Waals surface area contributed by atoms with Crippen LogP contribution in [0.5, 0.6) is 0 Å². The van der Waals surface area contributed by atoms with Crippen molar-refractivity contribution in [1.82, 2.24) is 24.6 Å². The van der Waals surface area contributed by atoms with Crippen LogP contribution in [0.3, 0.4) is 0 Å². The maximum atomic E-state index is 10.0. The highest BCUT2D eigenvalue weighted by atomic mass is 32.1. The Hall–Kier alpha value is -2.58. The topological polar surface area (TPSA) is 88.2 Å². The number of nitrogens with one attached hydrogen (secondary N) is 1. The first-order chi connectivity index (χ1) is 12.1. The molecule has 1 unspecified atom stereocenters. The van der Waals surface area contributed by atoms with Crippen molar-refractivity contribution in [2.24, 2.45) is 0 Å². The minimum Gasteiger partial charge on any atom is -0.387 e. The number of aliphatic hydroxyl groups excluding tert-OH is 1. The number of hydrogen-bond acceptors (Lipinski definition) is 7. The molecule has 0 amide bonds. The van der Waals surface area contributed by atoms with E-state index < -0.39 is 6.10 Å². The molecule has 0 saturated carbocycles. The van der Waals surface area contributed by atoms with E-state index in [1.807, 2.05) is 37.5 Å². The summed E-state index contributed by atoms with van der Waals surface area (Å²) in [7, 11) is 1.85. The monoisotopic (exact) mass is 354 g/mol. The molecule has 128 valence electrons. The number of aromatic nitrogens is 5. The standard InChI is InChI=1S/C17H18N6OS/c1-4-14(24)12-5-9(2)11(7-19-12)10-6-13-16(25-17(18-3)22-13)23-15(10)20-8-21-23/h5-8,14,24H,4H2,1-3H3,(H,18,22). The first-order valence-corrected chi connectivity index (χ1v) is 8.90. The third-order valence-electron chi connectivity index (χ3n) is 4.26. The van der Waals surface area contributed by atoms with Crippen molar-refractivity contribution in [3.63, 3.8) is 0 Å². The molecule has 0 aromatic carbocycles. The largest absolute Gasteiger partial charge is 0.387 e. The summed E-state index contributed by atoms with van der Waals surface area (Å²) >= 11 is 1.54. The van der Waals surface area contributed by atoms with E-state index in [2.05, 4.69) is 25.4 Å². The number of nitrogens with zero attached hydrogens (tertiary/aromatic N) is 5. The van der Waals surface area contributed by atoms with Crippen molar-refractivity contribution >= 4 is 32.5 Å². The summed E-state index contributed by atoms with van der Waals surface area (Å²) in [5.74, 6) is 0. The maximum absolute atomic E-state index is 10.0. The number of aryl methyl sites for hydroxylation is 1. The number of pyridine rings is 2. The van der Waals surface area contributed by atoms with E-state index in [9.17, 15) is 5.11 Å². The van der Waals surface area contributed by atoms with Gasteiger partial charge in [-0.25, -0.2) is 14.5 Å². The Bertz CT molecular complexity index is 1070. The van der Waals surface area contributed by atoms with Gasteiger partial charge in [0.1, 0.15) is 16.7 Å². The van der Waals surface area contributed by atoms with E-state index in [4.69, 9.17) is 0 Å². The molecule has 4 aromatic rings. The summed E-state index contributed by atoms with van der Waals surface area (Å²) < 4.78 is 1.82. The normalized spacial score (nSPS) is 12.8. The van der Waals surface area contributed by atoms with Crippen molar-refractivity contribution < 1.29 is 5.11 Å². The average Bonchev–Trinajstić information content (AvgIpc) is 3.26. The predicted molar refractivity (Wildman–Crippen MR) is 98.9 cm³/mol. The zero-order valence-electron chi connectivity index (χ0n) is 14.2. The lowest BCUT2D eigenvalue weighted by atomic mass is 10.0. The fourth-order valence-electron chi connectivity index (χ4n) is 2.90. The maximum Gasteiger partial charge on any atom is 0.185 e. The molecular weight excluding hydrogens is 336 g/mol. The van der Waals surface area contributed by atoms with Crippen LogP contribution in [0.2, 0.25) is 0 Å². The van der Waals surface area contributed by atoms with Crippen LogP contribution in [0.4, 0.5) is 5.13 Å². The molecule has 0 bridgehead atoms. The highest BCUT2D eigenvalue weighted by molar-refractivity contribution is 7.21. The Balaban J connectivity index is 1.95. The third-order valence-corrected chi connectivity index (χ3v) is 5.32.